The zero-order valence-electron chi connectivity index (χ0n) is 7.44. The first-order chi connectivity index (χ1) is 6.29. The van der Waals surface area contributed by atoms with Crippen LogP contribution in [0.3, 0.4) is 0 Å². The number of azo groups is 1. The second-order valence-corrected chi connectivity index (χ2v) is 3.06. The largest absolute Gasteiger partial charge is 0.305 e. The zero-order chi connectivity index (χ0) is 9.26. The van der Waals surface area contributed by atoms with Crippen molar-refractivity contribution in [3.8, 4) is 0 Å². The lowest BCUT2D eigenvalue weighted by Crippen LogP contribution is -2.15. The van der Waals surface area contributed by atoms with E-state index in [1.54, 1.807) is 0 Å². The first-order valence-corrected chi connectivity index (χ1v) is 4.21. The Hall–Kier alpha value is -1.48. The van der Waals surface area contributed by atoms with Crippen LogP contribution in [0.5, 0.6) is 0 Å². The van der Waals surface area contributed by atoms with E-state index in [9.17, 15) is 0 Å². The van der Waals surface area contributed by atoms with Gasteiger partial charge in [0, 0.05) is 5.56 Å². The summed E-state index contributed by atoms with van der Waals surface area (Å²) in [5.74, 6) is 0. The van der Waals surface area contributed by atoms with Gasteiger partial charge in [-0.3, -0.25) is 0 Å². The summed E-state index contributed by atoms with van der Waals surface area (Å²) < 4.78 is 0. The van der Waals surface area contributed by atoms with E-state index in [-0.39, 0.29) is 6.17 Å². The van der Waals surface area contributed by atoms with Crippen LogP contribution in [0, 0.1) is 0 Å². The molecule has 0 spiro atoms. The quantitative estimate of drug-likeness (QED) is 0.695. The second kappa shape index (κ2) is 3.11. The number of hydrogen-bond donors (Lipinski definition) is 1. The molecule has 1 atom stereocenters. The van der Waals surface area contributed by atoms with Gasteiger partial charge in [-0.1, -0.05) is 30.3 Å². The minimum Gasteiger partial charge on any atom is -0.305 e. The lowest BCUT2D eigenvalue weighted by molar-refractivity contribution is 0.809. The van der Waals surface area contributed by atoms with Crippen LogP contribution in [-0.2, 0) is 0 Å². The fraction of sp³-hybridized carbons (Fsp3) is 0.200. The van der Waals surface area contributed by atoms with Crippen molar-refractivity contribution in [3.05, 3.63) is 41.5 Å². The highest BCUT2D eigenvalue weighted by Gasteiger charge is 2.16. The van der Waals surface area contributed by atoms with Crippen LogP contribution in [0.2, 0.25) is 0 Å². The van der Waals surface area contributed by atoms with Gasteiger partial charge in [-0.2, -0.15) is 10.2 Å². The van der Waals surface area contributed by atoms with Crippen molar-refractivity contribution in [2.75, 3.05) is 0 Å². The average molecular weight is 173 g/mol. The summed E-state index contributed by atoms with van der Waals surface area (Å²) >= 11 is 0. The van der Waals surface area contributed by atoms with Crippen molar-refractivity contribution < 1.29 is 0 Å². The molecule has 0 aromatic heterocycles. The van der Waals surface area contributed by atoms with Crippen LogP contribution >= 0.6 is 0 Å². The molecule has 0 fully saturated rings. The molecule has 1 heterocycles. The summed E-state index contributed by atoms with van der Waals surface area (Å²) in [6.07, 6.45) is -0.254. The third-order valence-electron chi connectivity index (χ3n) is 2.15. The number of nitrogens with zero attached hydrogens (tertiary/aromatic N) is 2. The van der Waals surface area contributed by atoms with Gasteiger partial charge in [0.15, 0.2) is 0 Å². The summed E-state index contributed by atoms with van der Waals surface area (Å²) in [5, 5.41) is 7.95. The standard InChI is InChI=1S/C10H11N3/c1-7-9(12-13-10(7)11)8-5-3-2-4-6-8/h2-6,10H,11H2,1H3. The van der Waals surface area contributed by atoms with Gasteiger partial charge < -0.3 is 5.73 Å². The maximum atomic E-state index is 5.69. The van der Waals surface area contributed by atoms with E-state index in [0.29, 0.717) is 0 Å². The van der Waals surface area contributed by atoms with Crippen LogP contribution in [-0.4, -0.2) is 6.17 Å². The SMILES string of the molecule is CC1=C(c2ccccc2)N=NC1N. The van der Waals surface area contributed by atoms with Gasteiger partial charge in [0.05, 0.1) is 5.70 Å². The zero-order valence-corrected chi connectivity index (χ0v) is 7.44. The third-order valence-corrected chi connectivity index (χ3v) is 2.15. The van der Waals surface area contributed by atoms with Crippen molar-refractivity contribution in [1.29, 1.82) is 0 Å². The number of nitrogens with two attached hydrogens (primary N) is 1. The molecule has 66 valence electrons. The normalized spacial score (nSPS) is 21.2. The Labute approximate surface area is 77.0 Å². The molecule has 3 heteroatoms. The molecule has 1 aliphatic rings. The predicted octanol–water partition coefficient (Wildman–Crippen LogP) is 2.17. The Bertz CT molecular complexity index is 365. The van der Waals surface area contributed by atoms with E-state index < -0.39 is 0 Å². The molecule has 0 aliphatic carbocycles. The Morgan fingerprint density at radius 2 is 1.92 bits per heavy atom. The molecule has 1 aliphatic heterocycles. The lowest BCUT2D eigenvalue weighted by atomic mass is 10.1. The Balaban J connectivity index is 2.44. The Morgan fingerprint density at radius 3 is 2.46 bits per heavy atom. The molecule has 1 aromatic rings. The van der Waals surface area contributed by atoms with Crippen molar-refractivity contribution in [2.45, 2.75) is 13.1 Å². The minimum absolute atomic E-state index is 0.254. The summed E-state index contributed by atoms with van der Waals surface area (Å²) in [6, 6.07) is 9.96. The molecule has 0 amide bonds. The first-order valence-electron chi connectivity index (χ1n) is 4.21. The van der Waals surface area contributed by atoms with Crippen LogP contribution in [0.1, 0.15) is 12.5 Å². The van der Waals surface area contributed by atoms with E-state index >= 15 is 0 Å². The molecule has 13 heavy (non-hydrogen) atoms. The van der Waals surface area contributed by atoms with Gasteiger partial charge in [-0.15, -0.1) is 0 Å². The highest BCUT2D eigenvalue weighted by Crippen LogP contribution is 2.27. The second-order valence-electron chi connectivity index (χ2n) is 3.06. The molecule has 0 bridgehead atoms. The average Bonchev–Trinajstić information content (AvgIpc) is 2.49. The highest BCUT2D eigenvalue weighted by molar-refractivity contribution is 5.69. The maximum Gasteiger partial charge on any atom is 0.142 e. The van der Waals surface area contributed by atoms with Crippen LogP contribution < -0.4 is 5.73 Å². The van der Waals surface area contributed by atoms with Gasteiger partial charge >= 0.3 is 0 Å². The van der Waals surface area contributed by atoms with Gasteiger partial charge in [0.1, 0.15) is 6.17 Å². The Morgan fingerprint density at radius 1 is 1.23 bits per heavy atom. The number of hydrogen-bond acceptors (Lipinski definition) is 3. The van der Waals surface area contributed by atoms with Crippen LogP contribution in [0.15, 0.2) is 46.1 Å². The van der Waals surface area contributed by atoms with Gasteiger partial charge in [-0.25, -0.2) is 0 Å². The summed E-state index contributed by atoms with van der Waals surface area (Å²) in [6.45, 7) is 1.97. The van der Waals surface area contributed by atoms with Crippen LogP contribution in [0.4, 0.5) is 0 Å². The van der Waals surface area contributed by atoms with Crippen molar-refractivity contribution >= 4 is 5.70 Å². The van der Waals surface area contributed by atoms with Crippen molar-refractivity contribution in [3.63, 3.8) is 0 Å². The van der Waals surface area contributed by atoms with E-state index in [2.05, 4.69) is 10.2 Å². The number of benzene rings is 1. The molecular formula is C10H11N3. The fourth-order valence-electron chi connectivity index (χ4n) is 1.31. The first kappa shape index (κ1) is 8.13. The maximum absolute atomic E-state index is 5.69. The van der Waals surface area contributed by atoms with E-state index in [0.717, 1.165) is 16.8 Å². The molecule has 0 saturated carbocycles. The topological polar surface area (TPSA) is 50.7 Å². The van der Waals surface area contributed by atoms with E-state index in [1.165, 1.54) is 0 Å². The summed E-state index contributed by atoms with van der Waals surface area (Å²) in [4.78, 5) is 0. The lowest BCUT2D eigenvalue weighted by Gasteiger charge is -2.01. The molecule has 1 unspecified atom stereocenters. The summed E-state index contributed by atoms with van der Waals surface area (Å²) in [7, 11) is 0. The van der Waals surface area contributed by atoms with E-state index in [4.69, 9.17) is 5.73 Å². The third kappa shape index (κ3) is 1.38. The minimum atomic E-state index is -0.254. The van der Waals surface area contributed by atoms with Gasteiger partial charge in [0.25, 0.3) is 0 Å². The van der Waals surface area contributed by atoms with E-state index in [1.807, 2.05) is 37.3 Å². The molecule has 2 rings (SSSR count). The molecule has 2 N–H and O–H groups in total. The predicted molar refractivity (Wildman–Crippen MR) is 51.9 cm³/mol. The molecular weight excluding hydrogens is 162 g/mol. The molecule has 1 aromatic carbocycles. The van der Waals surface area contributed by atoms with Crippen LogP contribution in [0.25, 0.3) is 5.70 Å². The van der Waals surface area contributed by atoms with Crippen molar-refractivity contribution in [1.82, 2.24) is 0 Å². The Kier molecular flexibility index (Phi) is 1.94. The smallest absolute Gasteiger partial charge is 0.142 e. The monoisotopic (exact) mass is 173 g/mol. The highest BCUT2D eigenvalue weighted by atomic mass is 15.2. The van der Waals surface area contributed by atoms with Gasteiger partial charge in [0.2, 0.25) is 0 Å². The fourth-order valence-corrected chi connectivity index (χ4v) is 1.31. The van der Waals surface area contributed by atoms with Crippen molar-refractivity contribution in [2.24, 2.45) is 16.0 Å². The molecule has 0 saturated heterocycles. The molecule has 3 nitrogen and oxygen atoms in total. The van der Waals surface area contributed by atoms with Gasteiger partial charge in [-0.05, 0) is 12.5 Å². The number of rotatable bonds is 1. The summed E-state index contributed by atoms with van der Waals surface area (Å²) in [5.41, 5.74) is 8.71. The molecule has 0 radical (unpaired) electrons.